The topological polar surface area (TPSA) is 178 Å². The Morgan fingerprint density at radius 2 is 1.29 bits per heavy atom. The summed E-state index contributed by atoms with van der Waals surface area (Å²) in [5.41, 5.74) is 14.0. The maximum Gasteiger partial charge on any atom is 4.00 e. The molecule has 3 aliphatic rings. The van der Waals surface area contributed by atoms with E-state index in [1.54, 1.807) is 0 Å². The smallest absolute Gasteiger partial charge is 0.872 e. The van der Waals surface area contributed by atoms with E-state index >= 15 is 0 Å². The summed E-state index contributed by atoms with van der Waals surface area (Å²) in [6, 6.07) is -0.160. The van der Waals surface area contributed by atoms with E-state index in [0.29, 0.717) is 0 Å². The van der Waals surface area contributed by atoms with Crippen LogP contribution in [0.3, 0.4) is 0 Å². The van der Waals surface area contributed by atoms with Crippen LogP contribution in [0, 0.1) is 0 Å². The van der Waals surface area contributed by atoms with E-state index in [1.165, 1.54) is 40.5 Å². The monoisotopic (exact) mass is 618 g/mol. The van der Waals surface area contributed by atoms with Crippen LogP contribution in [-0.2, 0) is 49.7 Å². The molecule has 4 atom stereocenters. The Labute approximate surface area is 195 Å². The van der Waals surface area contributed by atoms with E-state index in [1.807, 2.05) is 0 Å². The number of aliphatic hydroxyl groups is 1. The van der Waals surface area contributed by atoms with E-state index in [4.69, 9.17) is 16.6 Å². The van der Waals surface area contributed by atoms with Gasteiger partial charge in [-0.2, -0.15) is 12.1 Å². The molecule has 0 aromatic heterocycles. The molecule has 31 heavy (non-hydrogen) atoms. The number of cyclic esters (lactones) is 2. The molecule has 0 amide bonds. The average molecular weight is 619 g/mol. The number of carbonyl (C=O) groups is 4. The molecule has 0 bridgehead atoms. The maximum absolute atomic E-state index is 11.0. The first-order valence-corrected chi connectivity index (χ1v) is 9.58. The quantitative estimate of drug-likeness (QED) is 0.360. The molecule has 1 saturated carbocycles. The van der Waals surface area contributed by atoms with E-state index in [0.717, 1.165) is 12.8 Å². The molecule has 0 aromatic rings. The summed E-state index contributed by atoms with van der Waals surface area (Å²) in [6.07, 6.45) is 2.78. The number of esters is 2. The third-order valence-electron chi connectivity index (χ3n) is 4.70. The van der Waals surface area contributed by atoms with Crippen LogP contribution in [-0.4, -0.2) is 52.9 Å². The predicted molar refractivity (Wildman–Crippen MR) is 104 cm³/mol. The summed E-state index contributed by atoms with van der Waals surface area (Å²) >= 11 is 0. The second-order valence-electron chi connectivity index (χ2n) is 7.20. The van der Waals surface area contributed by atoms with Gasteiger partial charge in [0.05, 0.1) is 5.57 Å². The number of aliphatic hydroxyl groups excluding tert-OH is 1. The Morgan fingerprint density at radius 3 is 1.48 bits per heavy atom. The minimum atomic E-state index is -0.796. The summed E-state index contributed by atoms with van der Waals surface area (Å²) < 4.78 is 9.06. The molecular formula is C20H27N2O8Pt+. The maximum atomic E-state index is 11.0. The normalized spacial score (nSPS) is 27.2. The molecule has 0 spiro atoms. The first kappa shape index (κ1) is 29.0. The van der Waals surface area contributed by atoms with Gasteiger partial charge < -0.3 is 31.2 Å². The standard InChI is InChI=1S/2C7H8O4.C6H12N2.Pt/c2*1-3(8)5-6(9)4(2)11-7(5)10;7-5-3-1-2-4-6(5)8;/h2*4,9H,1-2H3;5-8H,1-4H2;/q;;-2;+4/p-1/t;;5-,6?;/m..1./s1. The van der Waals surface area contributed by atoms with Crippen LogP contribution in [0.15, 0.2) is 22.7 Å². The number of rotatable bonds is 2. The molecular weight excluding hydrogens is 591 g/mol. The van der Waals surface area contributed by atoms with Crippen LogP contribution < -0.4 is 5.11 Å². The molecule has 174 valence electrons. The second kappa shape index (κ2) is 12.7. The van der Waals surface area contributed by atoms with Gasteiger partial charge in [0, 0.05) is 0 Å². The zero-order chi connectivity index (χ0) is 23.2. The molecule has 3 N–H and O–H groups in total. The Balaban J connectivity index is 0.000000434. The van der Waals surface area contributed by atoms with Gasteiger partial charge in [0.1, 0.15) is 11.7 Å². The molecule has 0 radical (unpaired) electrons. The zero-order valence-electron chi connectivity index (χ0n) is 17.8. The van der Waals surface area contributed by atoms with Gasteiger partial charge in [-0.1, -0.05) is 31.4 Å². The van der Waals surface area contributed by atoms with Crippen LogP contribution in [0.25, 0.3) is 11.5 Å². The SMILES string of the molecule is CC(=O)C1=C(O)C(C)OC1=O.CC(=O)C1=C([O-])C(C)OC1=O.[NH-]C1CCCC[C@H]1[NH-].[Pt+4]. The summed E-state index contributed by atoms with van der Waals surface area (Å²) in [6.45, 7) is 5.33. The van der Waals surface area contributed by atoms with E-state index in [-0.39, 0.29) is 50.1 Å². The van der Waals surface area contributed by atoms with Crippen LogP contribution in [0.4, 0.5) is 0 Å². The van der Waals surface area contributed by atoms with Crippen molar-refractivity contribution in [3.63, 3.8) is 0 Å². The molecule has 3 unspecified atom stereocenters. The first-order valence-electron chi connectivity index (χ1n) is 9.58. The van der Waals surface area contributed by atoms with Gasteiger partial charge in [-0.3, -0.25) is 9.59 Å². The van der Waals surface area contributed by atoms with Crippen LogP contribution in [0.2, 0.25) is 0 Å². The molecule has 2 aliphatic heterocycles. The number of hydrogen-bond acceptors (Lipinski definition) is 8. The molecule has 1 aliphatic carbocycles. The number of carbonyl (C=O) groups excluding carboxylic acids is 4. The van der Waals surface area contributed by atoms with Crippen molar-refractivity contribution in [1.29, 1.82) is 0 Å². The van der Waals surface area contributed by atoms with Crippen molar-refractivity contribution in [2.75, 3.05) is 0 Å². The molecule has 1 fully saturated rings. The third-order valence-corrected chi connectivity index (χ3v) is 4.70. The minimum Gasteiger partial charge on any atom is -0.872 e. The number of ether oxygens (including phenoxy) is 2. The largest absolute Gasteiger partial charge is 4.00 e. The van der Waals surface area contributed by atoms with E-state index in [9.17, 15) is 24.3 Å². The molecule has 0 aromatic carbocycles. The van der Waals surface area contributed by atoms with Crippen LogP contribution in [0.5, 0.6) is 0 Å². The van der Waals surface area contributed by atoms with Crippen molar-refractivity contribution in [1.82, 2.24) is 0 Å². The molecule has 2 heterocycles. The van der Waals surface area contributed by atoms with E-state index < -0.39 is 41.5 Å². The third kappa shape index (κ3) is 7.87. The average Bonchev–Trinajstić information content (AvgIpc) is 3.05. The van der Waals surface area contributed by atoms with Gasteiger partial charge in [-0.15, -0.1) is 0 Å². The van der Waals surface area contributed by atoms with E-state index in [2.05, 4.69) is 9.47 Å². The first-order chi connectivity index (χ1) is 13.9. The van der Waals surface area contributed by atoms with Gasteiger partial charge in [-0.25, -0.2) is 9.59 Å². The van der Waals surface area contributed by atoms with Crippen molar-refractivity contribution in [2.24, 2.45) is 0 Å². The van der Waals surface area contributed by atoms with Gasteiger partial charge in [-0.05, 0) is 27.7 Å². The summed E-state index contributed by atoms with van der Waals surface area (Å²) in [7, 11) is 0. The Kier molecular flexibility index (Phi) is 11.9. The second-order valence-corrected chi connectivity index (χ2v) is 7.20. The van der Waals surface area contributed by atoms with Crippen molar-refractivity contribution in [2.45, 2.75) is 77.7 Å². The molecule has 3 rings (SSSR count). The fourth-order valence-electron chi connectivity index (χ4n) is 2.93. The van der Waals surface area contributed by atoms with Crippen LogP contribution in [0.1, 0.15) is 53.4 Å². The zero-order valence-corrected chi connectivity index (χ0v) is 20.0. The molecule has 10 nitrogen and oxygen atoms in total. The molecule has 11 heteroatoms. The summed E-state index contributed by atoms with van der Waals surface area (Å²) in [4.78, 5) is 42.9. The number of nitrogens with one attached hydrogen (secondary N) is 2. The summed E-state index contributed by atoms with van der Waals surface area (Å²) in [5, 5.41) is 20.1. The van der Waals surface area contributed by atoms with Crippen molar-refractivity contribution < 1.29 is 59.9 Å². The fraction of sp³-hybridized carbons (Fsp3) is 0.600. The molecule has 0 saturated heterocycles. The Morgan fingerprint density at radius 1 is 0.903 bits per heavy atom. The number of hydrogen-bond donors (Lipinski definition) is 1. The van der Waals surface area contributed by atoms with Gasteiger partial charge in [0.2, 0.25) is 0 Å². The van der Waals surface area contributed by atoms with Crippen molar-refractivity contribution in [3.05, 3.63) is 34.1 Å². The summed E-state index contributed by atoms with van der Waals surface area (Å²) in [5.74, 6) is -3.29. The number of Topliss-reactive ketones (excluding diaryl/α,β-unsaturated/α-hetero) is 2. The van der Waals surface area contributed by atoms with Gasteiger partial charge in [0.15, 0.2) is 23.4 Å². The van der Waals surface area contributed by atoms with Crippen molar-refractivity contribution >= 4 is 23.5 Å². The Bertz CT molecular complexity index is 713. The predicted octanol–water partition coefficient (Wildman–Crippen LogP) is 1.87. The fourth-order valence-corrected chi connectivity index (χ4v) is 2.93. The van der Waals surface area contributed by atoms with Gasteiger partial charge in [0.25, 0.3) is 0 Å². The van der Waals surface area contributed by atoms with Crippen LogP contribution >= 0.6 is 0 Å². The van der Waals surface area contributed by atoms with Crippen molar-refractivity contribution in [3.8, 4) is 0 Å². The minimum absolute atomic E-state index is 0. The van der Waals surface area contributed by atoms with Gasteiger partial charge >= 0.3 is 33.0 Å². The number of ketones is 2. The Hall–Kier alpha value is -2.03.